The second-order valence-corrected chi connectivity index (χ2v) is 7.83. The zero-order valence-corrected chi connectivity index (χ0v) is 17.6. The normalized spacial score (nSPS) is 10.7. The van der Waals surface area contributed by atoms with Crippen molar-refractivity contribution >= 4 is 17.2 Å². The van der Waals surface area contributed by atoms with Crippen molar-refractivity contribution < 1.29 is 9.53 Å². The van der Waals surface area contributed by atoms with Crippen LogP contribution in [0.25, 0.3) is 10.6 Å². The van der Waals surface area contributed by atoms with Gasteiger partial charge in [0.15, 0.2) is 0 Å². The third-order valence-electron chi connectivity index (χ3n) is 4.45. The molecule has 0 saturated carbocycles. The number of aromatic nitrogens is 3. The van der Waals surface area contributed by atoms with E-state index in [1.807, 2.05) is 38.1 Å². The van der Waals surface area contributed by atoms with Crippen LogP contribution < -0.4 is 15.6 Å². The van der Waals surface area contributed by atoms with Crippen molar-refractivity contribution in [1.82, 2.24) is 20.1 Å². The van der Waals surface area contributed by atoms with Gasteiger partial charge in [-0.2, -0.15) is 5.10 Å². The number of thiazole rings is 1. The maximum atomic E-state index is 12.1. The molecule has 0 saturated heterocycles. The third-order valence-corrected chi connectivity index (χ3v) is 5.54. The molecule has 2 heterocycles. The van der Waals surface area contributed by atoms with Crippen molar-refractivity contribution in [3.8, 4) is 16.3 Å². The van der Waals surface area contributed by atoms with E-state index in [1.165, 1.54) is 10.7 Å². The van der Waals surface area contributed by atoms with Crippen molar-refractivity contribution in [2.45, 2.75) is 33.2 Å². The summed E-state index contributed by atoms with van der Waals surface area (Å²) in [5.41, 5.74) is 2.50. The van der Waals surface area contributed by atoms with E-state index in [4.69, 9.17) is 4.74 Å². The lowest BCUT2D eigenvalue weighted by molar-refractivity contribution is -0.121. The quantitative estimate of drug-likeness (QED) is 0.615. The van der Waals surface area contributed by atoms with Gasteiger partial charge in [-0.25, -0.2) is 9.67 Å². The first-order valence-corrected chi connectivity index (χ1v) is 10.2. The van der Waals surface area contributed by atoms with Crippen LogP contribution in [0, 0.1) is 13.8 Å². The van der Waals surface area contributed by atoms with Crippen LogP contribution in [0.15, 0.2) is 41.2 Å². The average molecular weight is 413 g/mol. The first-order chi connectivity index (χ1) is 14.0. The molecule has 0 spiro atoms. The molecule has 0 atom stereocenters. The van der Waals surface area contributed by atoms with Gasteiger partial charge < -0.3 is 10.1 Å². The predicted octanol–water partition coefficient (Wildman–Crippen LogP) is 2.74. The van der Waals surface area contributed by atoms with Gasteiger partial charge in [-0.3, -0.25) is 9.59 Å². The van der Waals surface area contributed by atoms with Crippen molar-refractivity contribution in [2.24, 2.45) is 0 Å². The molecule has 2 aromatic heterocycles. The van der Waals surface area contributed by atoms with E-state index in [9.17, 15) is 9.59 Å². The van der Waals surface area contributed by atoms with E-state index in [-0.39, 0.29) is 11.5 Å². The lowest BCUT2D eigenvalue weighted by Crippen LogP contribution is -2.32. The first-order valence-electron chi connectivity index (χ1n) is 9.38. The lowest BCUT2D eigenvalue weighted by atomic mass is 10.1. The van der Waals surface area contributed by atoms with Crippen molar-refractivity contribution in [3.63, 3.8) is 0 Å². The number of hydrogen-bond donors (Lipinski definition) is 1. The molecular formula is C21H24N4O3S. The zero-order chi connectivity index (χ0) is 20.8. The maximum Gasteiger partial charge on any atom is 0.266 e. The van der Waals surface area contributed by atoms with Crippen molar-refractivity contribution in [1.29, 1.82) is 0 Å². The highest BCUT2D eigenvalue weighted by Gasteiger charge is 2.11. The Bertz CT molecular complexity index is 1040. The Balaban J connectivity index is 1.53. The summed E-state index contributed by atoms with van der Waals surface area (Å²) in [6.45, 7) is 4.54. The highest BCUT2D eigenvalue weighted by molar-refractivity contribution is 7.15. The minimum Gasteiger partial charge on any atom is -0.497 e. The molecule has 0 bridgehead atoms. The van der Waals surface area contributed by atoms with Gasteiger partial charge in [0, 0.05) is 19.0 Å². The van der Waals surface area contributed by atoms with E-state index in [0.29, 0.717) is 25.9 Å². The number of carbonyl (C=O) groups is 1. The topological polar surface area (TPSA) is 86.1 Å². The number of nitrogens with zero attached hydrogens (tertiary/aromatic N) is 3. The molecule has 0 aliphatic carbocycles. The molecule has 29 heavy (non-hydrogen) atoms. The van der Waals surface area contributed by atoms with E-state index >= 15 is 0 Å². The third kappa shape index (κ3) is 5.51. The van der Waals surface area contributed by atoms with Crippen LogP contribution in [0.2, 0.25) is 0 Å². The Kier molecular flexibility index (Phi) is 6.77. The summed E-state index contributed by atoms with van der Waals surface area (Å²) >= 11 is 1.55. The molecule has 7 nitrogen and oxygen atoms in total. The Labute approximate surface area is 173 Å². The lowest BCUT2D eigenvalue weighted by Gasteiger charge is -2.08. The fraction of sp³-hybridized carbons (Fsp3) is 0.333. The molecule has 8 heteroatoms. The summed E-state index contributed by atoms with van der Waals surface area (Å²) in [5.74, 6) is 0.737. The number of ether oxygens (including phenoxy) is 1. The Morgan fingerprint density at radius 1 is 1.17 bits per heavy atom. The molecule has 1 amide bonds. The summed E-state index contributed by atoms with van der Waals surface area (Å²) < 4.78 is 6.51. The second kappa shape index (κ2) is 9.47. The highest BCUT2D eigenvalue weighted by atomic mass is 32.1. The minimum atomic E-state index is -0.194. The number of rotatable bonds is 8. The summed E-state index contributed by atoms with van der Waals surface area (Å²) in [6.07, 6.45) is 1.03. The van der Waals surface area contributed by atoms with Gasteiger partial charge in [-0.05, 0) is 44.0 Å². The summed E-state index contributed by atoms with van der Waals surface area (Å²) in [4.78, 5) is 29.6. The Morgan fingerprint density at radius 3 is 2.59 bits per heavy atom. The number of hydrogen-bond acceptors (Lipinski definition) is 6. The number of benzene rings is 1. The van der Waals surface area contributed by atoms with Gasteiger partial charge >= 0.3 is 0 Å². The molecule has 0 fully saturated rings. The van der Waals surface area contributed by atoms with Crippen LogP contribution >= 0.6 is 11.3 Å². The number of aryl methyl sites for hydroxylation is 3. The summed E-state index contributed by atoms with van der Waals surface area (Å²) in [7, 11) is 1.62. The zero-order valence-electron chi connectivity index (χ0n) is 16.8. The average Bonchev–Trinajstić information content (AvgIpc) is 3.06. The number of methoxy groups -OCH3 is 1. The SMILES string of the molecule is COc1ccc(CCC(=O)NCCn2nc(-c3sc(C)nc3C)ccc2=O)cc1. The van der Waals surface area contributed by atoms with Crippen LogP contribution in [0.1, 0.15) is 22.7 Å². The van der Waals surface area contributed by atoms with Gasteiger partial charge in [-0.1, -0.05) is 12.1 Å². The maximum absolute atomic E-state index is 12.1. The first kappa shape index (κ1) is 20.7. The Morgan fingerprint density at radius 2 is 1.93 bits per heavy atom. The molecule has 3 aromatic rings. The van der Waals surface area contributed by atoms with Gasteiger partial charge in [0.1, 0.15) is 11.4 Å². The van der Waals surface area contributed by atoms with E-state index in [1.54, 1.807) is 24.5 Å². The van der Waals surface area contributed by atoms with Crippen LogP contribution in [-0.2, 0) is 17.8 Å². The van der Waals surface area contributed by atoms with E-state index in [2.05, 4.69) is 15.4 Å². The number of carbonyl (C=O) groups excluding carboxylic acids is 1. The standard InChI is InChI=1S/C21H24N4O3S/c1-14-21(29-15(2)23-14)18-9-11-20(27)25(24-18)13-12-22-19(26)10-6-16-4-7-17(28-3)8-5-16/h4-5,7-9,11H,6,10,12-13H2,1-3H3,(H,22,26). The molecular weight excluding hydrogens is 388 g/mol. The van der Waals surface area contributed by atoms with E-state index in [0.717, 1.165) is 32.6 Å². The monoisotopic (exact) mass is 412 g/mol. The predicted molar refractivity (Wildman–Crippen MR) is 113 cm³/mol. The molecule has 0 aliphatic rings. The van der Waals surface area contributed by atoms with Gasteiger partial charge in [-0.15, -0.1) is 11.3 Å². The fourth-order valence-corrected chi connectivity index (χ4v) is 3.82. The largest absolute Gasteiger partial charge is 0.497 e. The molecule has 3 rings (SSSR count). The van der Waals surface area contributed by atoms with Gasteiger partial charge in [0.25, 0.3) is 5.56 Å². The number of amides is 1. The number of nitrogens with one attached hydrogen (secondary N) is 1. The molecule has 0 aliphatic heterocycles. The molecule has 0 radical (unpaired) electrons. The minimum absolute atomic E-state index is 0.0565. The Hall–Kier alpha value is -3.00. The second-order valence-electron chi connectivity index (χ2n) is 6.63. The fourth-order valence-electron chi connectivity index (χ4n) is 2.94. The van der Waals surface area contributed by atoms with Gasteiger partial charge in [0.2, 0.25) is 5.91 Å². The van der Waals surface area contributed by atoms with Crippen molar-refractivity contribution in [3.05, 3.63) is 63.0 Å². The molecule has 1 N–H and O–H groups in total. The van der Waals surface area contributed by atoms with Crippen LogP contribution in [0.3, 0.4) is 0 Å². The molecule has 152 valence electrons. The smallest absolute Gasteiger partial charge is 0.266 e. The highest BCUT2D eigenvalue weighted by Crippen LogP contribution is 2.27. The summed E-state index contributed by atoms with van der Waals surface area (Å²) in [5, 5.41) is 8.25. The van der Waals surface area contributed by atoms with Crippen LogP contribution in [-0.4, -0.2) is 34.3 Å². The summed E-state index contributed by atoms with van der Waals surface area (Å²) in [6, 6.07) is 10.9. The molecule has 1 aromatic carbocycles. The van der Waals surface area contributed by atoms with Crippen LogP contribution in [0.4, 0.5) is 0 Å². The van der Waals surface area contributed by atoms with Gasteiger partial charge in [0.05, 0.1) is 29.2 Å². The van der Waals surface area contributed by atoms with Crippen molar-refractivity contribution in [2.75, 3.05) is 13.7 Å². The van der Waals surface area contributed by atoms with Crippen LogP contribution in [0.5, 0.6) is 5.75 Å². The van der Waals surface area contributed by atoms with E-state index < -0.39 is 0 Å². The molecule has 0 unspecified atom stereocenters.